The maximum absolute atomic E-state index is 13.2. The number of carbonyl (C=O) groups excluding carboxylic acids is 1. The van der Waals surface area contributed by atoms with Gasteiger partial charge in [-0.2, -0.15) is 10.2 Å². The van der Waals surface area contributed by atoms with Gasteiger partial charge in [0.2, 0.25) is 5.13 Å². The second kappa shape index (κ2) is 8.30. The highest BCUT2D eigenvalue weighted by Crippen LogP contribution is 2.52. The molecule has 2 aliphatic heterocycles. The largest absolute Gasteiger partial charge is 0.342 e. The lowest BCUT2D eigenvalue weighted by Gasteiger charge is -2.54. The third-order valence-electron chi connectivity index (χ3n) is 6.19. The number of β-lactam (4-membered cyclic amide) rings is 1. The predicted molar refractivity (Wildman–Crippen MR) is 133 cm³/mol. The molecule has 168 valence electrons. The maximum Gasteiger partial charge on any atom is 0.251 e. The van der Waals surface area contributed by atoms with Gasteiger partial charge in [-0.3, -0.25) is 9.69 Å². The zero-order chi connectivity index (χ0) is 23.1. The number of amides is 1. The Morgan fingerprint density at radius 3 is 2.26 bits per heavy atom. The molecule has 3 aromatic carbocycles. The fourth-order valence-electron chi connectivity index (χ4n) is 4.63. The van der Waals surface area contributed by atoms with Crippen molar-refractivity contribution in [1.29, 1.82) is 0 Å². The van der Waals surface area contributed by atoms with Gasteiger partial charge in [0, 0.05) is 0 Å². The van der Waals surface area contributed by atoms with Crippen molar-refractivity contribution < 1.29 is 4.79 Å². The van der Waals surface area contributed by atoms with Crippen LogP contribution in [0.1, 0.15) is 16.1 Å². The Labute approximate surface area is 205 Å². The second-order valence-corrected chi connectivity index (χ2v) is 9.56. The van der Waals surface area contributed by atoms with Gasteiger partial charge in [0.15, 0.2) is 0 Å². The van der Waals surface area contributed by atoms with Crippen LogP contribution in [0.4, 0.5) is 16.5 Å². The van der Waals surface area contributed by atoms with Crippen molar-refractivity contribution in [2.45, 2.75) is 17.5 Å². The molecule has 0 spiro atoms. The molecule has 1 unspecified atom stereocenters. The summed E-state index contributed by atoms with van der Waals surface area (Å²) in [5, 5.41) is 17.8. The minimum atomic E-state index is -0.857. The summed E-state index contributed by atoms with van der Waals surface area (Å²) < 4.78 is 0. The van der Waals surface area contributed by atoms with Crippen LogP contribution in [-0.2, 0) is 16.9 Å². The summed E-state index contributed by atoms with van der Waals surface area (Å²) in [6, 6.07) is 27.6. The van der Waals surface area contributed by atoms with E-state index in [1.54, 1.807) is 4.90 Å². The molecule has 1 fully saturated rings. The van der Waals surface area contributed by atoms with Crippen LogP contribution in [0.2, 0.25) is 0 Å². The summed E-state index contributed by atoms with van der Waals surface area (Å²) in [5.41, 5.74) is 2.83. The molecule has 2 aliphatic rings. The molecule has 0 saturated carbocycles. The normalized spacial score (nSPS) is 18.5. The third kappa shape index (κ3) is 3.13. The van der Waals surface area contributed by atoms with Gasteiger partial charge >= 0.3 is 0 Å². The minimum Gasteiger partial charge on any atom is -0.342 e. The molecule has 0 aliphatic carbocycles. The van der Waals surface area contributed by atoms with E-state index in [4.69, 9.17) is 11.6 Å². The van der Waals surface area contributed by atoms with Gasteiger partial charge in [0.25, 0.3) is 5.91 Å². The summed E-state index contributed by atoms with van der Waals surface area (Å²) in [5.74, 6) is -0.186. The predicted octanol–water partition coefficient (Wildman–Crippen LogP) is 5.50. The average molecular weight is 487 g/mol. The molecule has 1 aromatic heterocycles. The Morgan fingerprint density at radius 2 is 1.56 bits per heavy atom. The van der Waals surface area contributed by atoms with Crippen LogP contribution in [0.25, 0.3) is 0 Å². The zero-order valence-corrected chi connectivity index (χ0v) is 19.5. The first-order valence-electron chi connectivity index (χ1n) is 10.8. The van der Waals surface area contributed by atoms with Crippen LogP contribution < -0.4 is 9.80 Å². The van der Waals surface area contributed by atoms with E-state index in [1.165, 1.54) is 11.3 Å². The fraction of sp³-hybridized carbons (Fsp3) is 0.160. The number of anilines is 2. The van der Waals surface area contributed by atoms with Crippen LogP contribution in [0.5, 0.6) is 0 Å². The van der Waals surface area contributed by atoms with Crippen molar-refractivity contribution in [2.75, 3.05) is 16.5 Å². The molecule has 0 bridgehead atoms. The summed E-state index contributed by atoms with van der Waals surface area (Å²) in [6.07, 6.45) is 0. The molecular formula is C25H19ClN6OS. The molecule has 0 N–H and O–H groups in total. The molecule has 34 heavy (non-hydrogen) atoms. The van der Waals surface area contributed by atoms with E-state index < -0.39 is 10.9 Å². The number of alkyl halides is 1. The SMILES string of the molecule is O=C1C(Cl)C(c2ccccc2)(c2ccccc2)N1c1nnc(CN2CN=Nc3ccccc32)s1. The molecule has 9 heteroatoms. The number of aromatic nitrogens is 2. The number of hydrogen-bond donors (Lipinski definition) is 0. The fourth-order valence-corrected chi connectivity index (χ4v) is 6.00. The monoisotopic (exact) mass is 486 g/mol. The minimum absolute atomic E-state index is 0.186. The Morgan fingerprint density at radius 1 is 0.912 bits per heavy atom. The number of fused-ring (bicyclic) bond motifs is 1. The molecule has 1 amide bonds. The van der Waals surface area contributed by atoms with Crippen LogP contribution in [0.3, 0.4) is 0 Å². The standard InChI is InChI=1S/C25H19ClN6OS/c26-22-23(33)32(25(22,17-9-3-1-4-10-17)18-11-5-2-6-12-18)24-30-29-21(34-24)15-31-16-27-28-19-13-7-8-14-20(19)31/h1-14,22H,15-16H2. The van der Waals surface area contributed by atoms with Crippen molar-refractivity contribution in [3.05, 3.63) is 101 Å². The Balaban J connectivity index is 1.38. The first-order valence-corrected chi connectivity index (χ1v) is 12.1. The topological polar surface area (TPSA) is 74.1 Å². The van der Waals surface area contributed by atoms with Gasteiger partial charge in [-0.15, -0.1) is 21.8 Å². The Hall–Kier alpha value is -3.62. The van der Waals surface area contributed by atoms with E-state index in [0.29, 0.717) is 18.3 Å². The Kier molecular flexibility index (Phi) is 5.12. The van der Waals surface area contributed by atoms with Crippen molar-refractivity contribution in [3.63, 3.8) is 0 Å². The average Bonchev–Trinajstić information content (AvgIpc) is 3.35. The molecule has 6 rings (SSSR count). The first kappa shape index (κ1) is 20.9. The highest BCUT2D eigenvalue weighted by atomic mass is 35.5. The smallest absolute Gasteiger partial charge is 0.251 e. The maximum atomic E-state index is 13.2. The molecule has 3 heterocycles. The number of carbonyl (C=O) groups is 1. The molecule has 7 nitrogen and oxygen atoms in total. The van der Waals surface area contributed by atoms with E-state index in [-0.39, 0.29) is 5.91 Å². The lowest BCUT2D eigenvalue weighted by atomic mass is 9.72. The number of azo groups is 1. The molecule has 4 aromatic rings. The number of rotatable bonds is 5. The lowest BCUT2D eigenvalue weighted by molar-refractivity contribution is -0.126. The van der Waals surface area contributed by atoms with E-state index >= 15 is 0 Å². The number of hydrogen-bond acceptors (Lipinski definition) is 7. The van der Waals surface area contributed by atoms with Crippen molar-refractivity contribution in [1.82, 2.24) is 10.2 Å². The van der Waals surface area contributed by atoms with E-state index in [9.17, 15) is 4.79 Å². The van der Waals surface area contributed by atoms with E-state index in [1.807, 2.05) is 84.9 Å². The summed E-state index contributed by atoms with van der Waals surface area (Å²) in [6.45, 7) is 0.958. The Bertz CT molecular complexity index is 1340. The van der Waals surface area contributed by atoms with Gasteiger partial charge in [-0.25, -0.2) is 0 Å². The highest BCUT2D eigenvalue weighted by molar-refractivity contribution is 7.15. The number of benzene rings is 3. The van der Waals surface area contributed by atoms with Crippen LogP contribution in [0, 0.1) is 0 Å². The first-order chi connectivity index (χ1) is 16.7. The van der Waals surface area contributed by atoms with Gasteiger partial charge < -0.3 is 4.90 Å². The highest BCUT2D eigenvalue weighted by Gasteiger charge is 2.63. The van der Waals surface area contributed by atoms with Crippen molar-refractivity contribution in [3.8, 4) is 0 Å². The van der Waals surface area contributed by atoms with Crippen LogP contribution in [0.15, 0.2) is 95.2 Å². The quantitative estimate of drug-likeness (QED) is 0.276. The summed E-state index contributed by atoms with van der Waals surface area (Å²) in [4.78, 5) is 17.0. The molecule has 1 saturated heterocycles. The van der Waals surface area contributed by atoms with Gasteiger partial charge in [-0.05, 0) is 23.3 Å². The summed E-state index contributed by atoms with van der Waals surface area (Å²) in [7, 11) is 0. The number of nitrogens with zero attached hydrogens (tertiary/aromatic N) is 6. The molecular weight excluding hydrogens is 468 g/mol. The lowest BCUT2D eigenvalue weighted by Crippen LogP contribution is -2.71. The third-order valence-corrected chi connectivity index (χ3v) is 7.59. The number of halogens is 1. The van der Waals surface area contributed by atoms with E-state index in [0.717, 1.165) is 27.5 Å². The second-order valence-electron chi connectivity index (χ2n) is 8.08. The molecule has 1 atom stereocenters. The van der Waals surface area contributed by atoms with Crippen molar-refractivity contribution >= 4 is 45.4 Å². The van der Waals surface area contributed by atoms with E-state index in [2.05, 4.69) is 25.3 Å². The van der Waals surface area contributed by atoms with Gasteiger partial charge in [0.1, 0.15) is 28.3 Å². The number of para-hydroxylation sites is 1. The van der Waals surface area contributed by atoms with Crippen LogP contribution in [-0.4, -0.2) is 28.2 Å². The zero-order valence-electron chi connectivity index (χ0n) is 18.0. The van der Waals surface area contributed by atoms with Gasteiger partial charge in [0.05, 0.1) is 12.2 Å². The molecule has 0 radical (unpaired) electrons. The van der Waals surface area contributed by atoms with Crippen LogP contribution >= 0.6 is 22.9 Å². The van der Waals surface area contributed by atoms with Gasteiger partial charge in [-0.1, -0.05) is 84.1 Å². The summed E-state index contributed by atoms with van der Waals surface area (Å²) >= 11 is 8.18. The van der Waals surface area contributed by atoms with Crippen molar-refractivity contribution in [2.24, 2.45) is 10.2 Å².